The lowest BCUT2D eigenvalue weighted by Crippen LogP contribution is -2.64. The number of carbonyl (C=O) groups is 3. The van der Waals surface area contributed by atoms with Crippen molar-refractivity contribution in [1.82, 2.24) is 25.2 Å². The molecule has 4 aliphatic heterocycles. The number of rotatable bonds is 21. The van der Waals surface area contributed by atoms with E-state index in [2.05, 4.69) is 15.6 Å². The van der Waals surface area contributed by atoms with Crippen LogP contribution < -0.4 is 5.32 Å². The lowest BCUT2D eigenvalue weighted by molar-refractivity contribution is -0.336. The summed E-state index contributed by atoms with van der Waals surface area (Å²) in [6.45, 7) is 4.63. The standard InChI is InChI=1S/C51H70FN5O18/c1-4-11-33(47(66)56-17-10-18-56)70-44-40(62)36(25-59)73-51(45(44)74-48(67)28-12-7-6-8-13-28)71-34-22-30(20-27(5-2)43(34)75-50-42(64)38(60)26(3)69-50)46(65)53-16-19-68-49-41(63)37(39(61)35(24-58)72-49)57-23-32(54-55-57)29-14-9-15-31(52)21-29/h6-9,12-15,21,23,26-27,30,33-45,49-51,58-64H,4-5,10-11,16-20,22,24-25H2,1-3H3,(H,53,65)/t26?,27?,30?,33-,34+,35?,36?,37?,38+,39+,40-,41?,42?,43?,44?,45?,49-,50-,51+/m0/s1. The largest absolute Gasteiger partial charge is 0.450 e. The molecule has 2 amide bonds. The Morgan fingerprint density at radius 3 is 2.21 bits per heavy atom. The molecule has 23 nitrogen and oxygen atoms in total. The van der Waals surface area contributed by atoms with Crippen molar-refractivity contribution in [1.29, 1.82) is 0 Å². The summed E-state index contributed by atoms with van der Waals surface area (Å²) in [5.74, 6) is -3.37. The van der Waals surface area contributed by atoms with Crippen molar-refractivity contribution in [2.45, 2.75) is 164 Å². The molecular formula is C51H70FN5O18. The maximum atomic E-state index is 14.2. The van der Waals surface area contributed by atoms with Crippen molar-refractivity contribution < 1.29 is 92.4 Å². The molecule has 11 unspecified atom stereocenters. The van der Waals surface area contributed by atoms with Crippen molar-refractivity contribution in [2.24, 2.45) is 11.8 Å². The third-order valence-corrected chi connectivity index (χ3v) is 14.7. The van der Waals surface area contributed by atoms with Gasteiger partial charge in [0.15, 0.2) is 25.0 Å². The third-order valence-electron chi connectivity index (χ3n) is 14.7. The van der Waals surface area contributed by atoms with Gasteiger partial charge in [0.1, 0.15) is 72.5 Å². The van der Waals surface area contributed by atoms with Crippen LogP contribution in [0, 0.1) is 17.7 Å². The van der Waals surface area contributed by atoms with E-state index in [9.17, 15) is 54.5 Å². The van der Waals surface area contributed by atoms with Gasteiger partial charge in [0.05, 0.1) is 49.9 Å². The maximum absolute atomic E-state index is 14.2. The molecule has 75 heavy (non-hydrogen) atoms. The molecule has 1 aromatic heterocycles. The van der Waals surface area contributed by atoms with E-state index in [0.29, 0.717) is 31.5 Å². The number of ether oxygens (including phenoxy) is 8. The molecule has 19 atom stereocenters. The number of hydrogen-bond donors (Lipinski definition) is 8. The lowest BCUT2D eigenvalue weighted by atomic mass is 9.75. The summed E-state index contributed by atoms with van der Waals surface area (Å²) >= 11 is 0. The summed E-state index contributed by atoms with van der Waals surface area (Å²) in [4.78, 5) is 43.5. The number of esters is 1. The van der Waals surface area contributed by atoms with Gasteiger partial charge in [-0.1, -0.05) is 62.2 Å². The van der Waals surface area contributed by atoms with Gasteiger partial charge in [-0.3, -0.25) is 9.59 Å². The number of nitrogens with one attached hydrogen (secondary N) is 1. The third kappa shape index (κ3) is 12.9. The molecule has 5 fully saturated rings. The van der Waals surface area contributed by atoms with Gasteiger partial charge in [0.2, 0.25) is 5.91 Å². The van der Waals surface area contributed by atoms with Crippen molar-refractivity contribution in [3.05, 3.63) is 72.2 Å². The molecule has 0 spiro atoms. The van der Waals surface area contributed by atoms with Crippen LogP contribution in [0.25, 0.3) is 11.3 Å². The number of carbonyl (C=O) groups excluding carboxylic acids is 3. The number of amides is 2. The van der Waals surface area contributed by atoms with Gasteiger partial charge in [-0.05, 0) is 62.8 Å². The van der Waals surface area contributed by atoms with Crippen LogP contribution in [-0.2, 0) is 47.5 Å². The van der Waals surface area contributed by atoms with Gasteiger partial charge < -0.3 is 83.9 Å². The second-order valence-corrected chi connectivity index (χ2v) is 19.8. The fraction of sp³-hybridized carbons (Fsp3) is 0.667. The van der Waals surface area contributed by atoms with Crippen molar-refractivity contribution in [3.8, 4) is 11.3 Å². The van der Waals surface area contributed by atoms with Gasteiger partial charge in [-0.15, -0.1) is 5.10 Å². The van der Waals surface area contributed by atoms with Crippen molar-refractivity contribution in [3.63, 3.8) is 0 Å². The highest BCUT2D eigenvalue weighted by molar-refractivity contribution is 5.89. The van der Waals surface area contributed by atoms with E-state index in [-0.39, 0.29) is 49.6 Å². The van der Waals surface area contributed by atoms with Crippen LogP contribution in [0.4, 0.5) is 4.39 Å². The molecule has 5 aliphatic rings. The topological polar surface area (TPSA) is 313 Å². The number of benzene rings is 2. The Morgan fingerprint density at radius 2 is 1.56 bits per heavy atom. The highest BCUT2D eigenvalue weighted by atomic mass is 19.1. The van der Waals surface area contributed by atoms with Gasteiger partial charge in [-0.25, -0.2) is 13.9 Å². The summed E-state index contributed by atoms with van der Waals surface area (Å²) < 4.78 is 64.7. The maximum Gasteiger partial charge on any atom is 0.338 e. The molecule has 2 aromatic carbocycles. The smallest absolute Gasteiger partial charge is 0.338 e. The molecule has 0 radical (unpaired) electrons. The van der Waals surface area contributed by atoms with E-state index in [1.165, 1.54) is 41.2 Å². The molecule has 414 valence electrons. The van der Waals surface area contributed by atoms with Crippen LogP contribution in [0.15, 0.2) is 60.8 Å². The number of aliphatic hydroxyl groups is 7. The highest BCUT2D eigenvalue weighted by Gasteiger charge is 2.54. The van der Waals surface area contributed by atoms with Crippen LogP contribution >= 0.6 is 0 Å². The van der Waals surface area contributed by atoms with Crippen LogP contribution in [0.5, 0.6) is 0 Å². The molecule has 8 rings (SSSR count). The molecule has 0 bridgehead atoms. The summed E-state index contributed by atoms with van der Waals surface area (Å²) in [6, 6.07) is 12.4. The monoisotopic (exact) mass is 1060 g/mol. The normalized spacial score (nSPS) is 35.4. The Balaban J connectivity index is 1.01. The Kier molecular flexibility index (Phi) is 19.4. The Labute approximate surface area is 432 Å². The van der Waals surface area contributed by atoms with Crippen LogP contribution in [0.3, 0.4) is 0 Å². The quantitative estimate of drug-likeness (QED) is 0.0513. The highest BCUT2D eigenvalue weighted by Crippen LogP contribution is 2.41. The second-order valence-electron chi connectivity index (χ2n) is 19.8. The van der Waals surface area contributed by atoms with Crippen LogP contribution in [-0.4, -0.2) is 211 Å². The molecule has 1 saturated carbocycles. The van der Waals surface area contributed by atoms with Crippen molar-refractivity contribution >= 4 is 17.8 Å². The predicted octanol–water partition coefficient (Wildman–Crippen LogP) is -0.0398. The first-order valence-electron chi connectivity index (χ1n) is 25.8. The minimum atomic E-state index is -1.63. The number of aromatic nitrogens is 3. The van der Waals surface area contributed by atoms with Gasteiger partial charge in [0.25, 0.3) is 5.91 Å². The van der Waals surface area contributed by atoms with E-state index < -0.39 is 147 Å². The van der Waals surface area contributed by atoms with Gasteiger partial charge >= 0.3 is 5.97 Å². The summed E-state index contributed by atoms with van der Waals surface area (Å²) in [7, 11) is 0. The number of nitrogens with zero attached hydrogens (tertiary/aromatic N) is 4. The molecule has 8 N–H and O–H groups in total. The van der Waals surface area contributed by atoms with Crippen molar-refractivity contribution in [2.75, 3.05) is 39.5 Å². The van der Waals surface area contributed by atoms with Gasteiger partial charge in [0, 0.05) is 31.1 Å². The molecular weight excluding hydrogens is 990 g/mol. The number of halogens is 1. The molecule has 5 heterocycles. The number of aliphatic hydroxyl groups excluding tert-OH is 7. The van der Waals surface area contributed by atoms with E-state index >= 15 is 0 Å². The molecule has 3 aromatic rings. The zero-order valence-corrected chi connectivity index (χ0v) is 42.0. The van der Waals surface area contributed by atoms with E-state index in [1.807, 2.05) is 13.8 Å². The summed E-state index contributed by atoms with van der Waals surface area (Å²) in [6.07, 6.45) is -17.8. The zero-order chi connectivity index (χ0) is 53.5. The number of likely N-dealkylation sites (tertiary alicyclic amines) is 1. The number of hydrogen-bond acceptors (Lipinski definition) is 20. The van der Waals surface area contributed by atoms with E-state index in [1.54, 1.807) is 36.1 Å². The lowest BCUT2D eigenvalue weighted by Gasteiger charge is -2.48. The van der Waals surface area contributed by atoms with E-state index in [4.69, 9.17) is 37.9 Å². The fourth-order valence-corrected chi connectivity index (χ4v) is 10.4. The molecule has 24 heteroatoms. The first-order valence-corrected chi connectivity index (χ1v) is 25.8. The van der Waals surface area contributed by atoms with Crippen LogP contribution in [0.2, 0.25) is 0 Å². The first kappa shape index (κ1) is 56.6. The summed E-state index contributed by atoms with van der Waals surface area (Å²) in [5, 5.41) is 87.6. The minimum absolute atomic E-state index is 0.0739. The average Bonchev–Trinajstić information content (AvgIpc) is 3.97. The molecule has 4 saturated heterocycles. The Hall–Kier alpha value is -4.64. The summed E-state index contributed by atoms with van der Waals surface area (Å²) in [5.41, 5.74) is 0.798. The predicted molar refractivity (Wildman–Crippen MR) is 256 cm³/mol. The first-order chi connectivity index (χ1) is 36.1. The SMILES string of the molecule is CCC[C@H](OC1C(OC(=O)c2ccccc2)[C@H](O[C@@H]2CC(C(=O)NCCO[C@H]3OC(CO)[C@@H](O)C(n4cc(-c5cccc(F)c5)nn4)C3O)CC(CC)C2O[C@@H]2OC(C)[C@@H](O)C2O)OC(CO)[C@@H]1O)C(=O)N1CCC1. The minimum Gasteiger partial charge on any atom is -0.450 e. The van der Waals surface area contributed by atoms with Crippen LogP contribution in [0.1, 0.15) is 75.7 Å². The fourth-order valence-electron chi connectivity index (χ4n) is 10.4. The average molecular weight is 1060 g/mol. The Bertz CT molecular complexity index is 2340. The molecule has 1 aliphatic carbocycles. The van der Waals surface area contributed by atoms with Gasteiger partial charge in [-0.2, -0.15) is 0 Å². The zero-order valence-electron chi connectivity index (χ0n) is 42.0. The second kappa shape index (κ2) is 25.7. The van der Waals surface area contributed by atoms with E-state index in [0.717, 1.165) is 6.42 Å². The Morgan fingerprint density at radius 1 is 0.827 bits per heavy atom.